The average Bonchev–Trinajstić information content (AvgIpc) is 2.83. The summed E-state index contributed by atoms with van der Waals surface area (Å²) in [5.41, 5.74) is 7.38. The Balaban J connectivity index is 1.69. The first kappa shape index (κ1) is 23.3. The number of nitrogens with one attached hydrogen (secondary N) is 2. The highest BCUT2D eigenvalue weighted by molar-refractivity contribution is 9.10. The molecule has 0 aliphatic heterocycles. The van der Waals surface area contributed by atoms with Crippen LogP contribution in [0.3, 0.4) is 0 Å². The van der Waals surface area contributed by atoms with E-state index in [0.717, 1.165) is 11.1 Å². The molecule has 3 rings (SSSR count). The van der Waals surface area contributed by atoms with Gasteiger partial charge in [0.2, 0.25) is 5.91 Å². The van der Waals surface area contributed by atoms with Crippen LogP contribution in [0.4, 0.5) is 0 Å². The van der Waals surface area contributed by atoms with Gasteiger partial charge in [-0.1, -0.05) is 60.7 Å². The van der Waals surface area contributed by atoms with Crippen molar-refractivity contribution in [1.29, 1.82) is 0 Å². The first-order chi connectivity index (χ1) is 15.5. The number of amides is 2. The van der Waals surface area contributed by atoms with Crippen LogP contribution in [0, 0.1) is 0 Å². The van der Waals surface area contributed by atoms with E-state index in [4.69, 9.17) is 9.47 Å². The second kappa shape index (κ2) is 11.3. The van der Waals surface area contributed by atoms with Gasteiger partial charge in [-0.05, 0) is 46.1 Å². The van der Waals surface area contributed by atoms with Gasteiger partial charge in [-0.2, -0.15) is 0 Å². The van der Waals surface area contributed by atoms with E-state index >= 15 is 0 Å². The van der Waals surface area contributed by atoms with Crippen LogP contribution in [0.2, 0.25) is 0 Å². The number of halogens is 1. The van der Waals surface area contributed by atoms with Gasteiger partial charge in [0.05, 0.1) is 18.2 Å². The summed E-state index contributed by atoms with van der Waals surface area (Å²) in [4.78, 5) is 25.3. The molecule has 0 bridgehead atoms. The predicted molar refractivity (Wildman–Crippen MR) is 127 cm³/mol. The molecule has 6 nitrogen and oxygen atoms in total. The van der Waals surface area contributed by atoms with Crippen molar-refractivity contribution in [2.45, 2.75) is 19.3 Å². The summed E-state index contributed by atoms with van der Waals surface area (Å²) >= 11 is 3.40. The highest BCUT2D eigenvalue weighted by Gasteiger charge is 2.20. The molecule has 166 valence electrons. The molecule has 0 atom stereocenters. The van der Waals surface area contributed by atoms with Crippen molar-refractivity contribution < 1.29 is 19.1 Å². The lowest BCUT2D eigenvalue weighted by atomic mass is 9.88. The second-order valence-corrected chi connectivity index (χ2v) is 7.86. The van der Waals surface area contributed by atoms with Gasteiger partial charge in [0.15, 0.2) is 11.5 Å². The van der Waals surface area contributed by atoms with E-state index in [9.17, 15) is 9.59 Å². The number of carbonyl (C=O) groups excluding carboxylic acids is 2. The van der Waals surface area contributed by atoms with Crippen molar-refractivity contribution in [2.75, 3.05) is 13.7 Å². The Morgan fingerprint density at radius 3 is 2.06 bits per heavy atom. The summed E-state index contributed by atoms with van der Waals surface area (Å²) in [6, 6.07) is 22.8. The monoisotopic (exact) mass is 496 g/mol. The van der Waals surface area contributed by atoms with Crippen molar-refractivity contribution in [2.24, 2.45) is 0 Å². The quantitative estimate of drug-likeness (QED) is 0.437. The van der Waals surface area contributed by atoms with Crippen LogP contribution in [-0.4, -0.2) is 25.5 Å². The smallest absolute Gasteiger partial charge is 0.269 e. The number of hydrogen-bond donors (Lipinski definition) is 2. The standard InChI is InChI=1S/C25H25BrN2O4/c1-3-32-24-21(26)14-19(15-22(24)31-2)25(30)28-27-23(29)16-20(17-10-6-4-7-11-17)18-12-8-5-9-13-18/h4-15,20H,3,16H2,1-2H3,(H,27,29)(H,28,30). The van der Waals surface area contributed by atoms with Crippen LogP contribution in [0.1, 0.15) is 40.7 Å². The molecule has 2 amide bonds. The first-order valence-electron chi connectivity index (χ1n) is 10.2. The Hall–Kier alpha value is -3.32. The molecule has 0 fully saturated rings. The molecular formula is C25H25BrN2O4. The molecule has 2 N–H and O–H groups in total. The number of benzene rings is 3. The highest BCUT2D eigenvalue weighted by Crippen LogP contribution is 2.36. The Labute approximate surface area is 196 Å². The maximum absolute atomic E-state index is 12.7. The molecular weight excluding hydrogens is 472 g/mol. The summed E-state index contributed by atoms with van der Waals surface area (Å²) in [6.45, 7) is 2.32. The molecule has 0 unspecified atom stereocenters. The fourth-order valence-corrected chi connectivity index (χ4v) is 3.93. The zero-order chi connectivity index (χ0) is 22.9. The zero-order valence-corrected chi connectivity index (χ0v) is 19.5. The predicted octanol–water partition coefficient (Wildman–Crippen LogP) is 4.84. The molecule has 0 heterocycles. The molecule has 0 aliphatic carbocycles. The van der Waals surface area contributed by atoms with E-state index < -0.39 is 5.91 Å². The van der Waals surface area contributed by atoms with Gasteiger partial charge in [-0.15, -0.1) is 0 Å². The van der Waals surface area contributed by atoms with Crippen LogP contribution < -0.4 is 20.3 Å². The molecule has 7 heteroatoms. The second-order valence-electron chi connectivity index (χ2n) is 7.00. The fraction of sp³-hybridized carbons (Fsp3) is 0.200. The van der Waals surface area contributed by atoms with E-state index in [-0.39, 0.29) is 18.2 Å². The Kier molecular flexibility index (Phi) is 8.27. The summed E-state index contributed by atoms with van der Waals surface area (Å²) in [5, 5.41) is 0. The third-order valence-corrected chi connectivity index (χ3v) is 5.48. The van der Waals surface area contributed by atoms with Gasteiger partial charge in [0.25, 0.3) is 5.91 Å². The molecule has 0 aliphatic rings. The molecule has 3 aromatic carbocycles. The van der Waals surface area contributed by atoms with E-state index in [1.54, 1.807) is 12.1 Å². The van der Waals surface area contributed by atoms with Crippen molar-refractivity contribution in [3.63, 3.8) is 0 Å². The molecule has 0 saturated heterocycles. The number of carbonyl (C=O) groups is 2. The van der Waals surface area contributed by atoms with Crippen molar-refractivity contribution in [3.05, 3.63) is 94.0 Å². The average molecular weight is 497 g/mol. The SMILES string of the molecule is CCOc1c(Br)cc(C(=O)NNC(=O)CC(c2ccccc2)c2ccccc2)cc1OC. The number of ether oxygens (including phenoxy) is 2. The Morgan fingerprint density at radius 2 is 1.53 bits per heavy atom. The summed E-state index contributed by atoms with van der Waals surface area (Å²) < 4.78 is 11.5. The van der Waals surface area contributed by atoms with Gasteiger partial charge in [-0.25, -0.2) is 0 Å². The van der Waals surface area contributed by atoms with Crippen LogP contribution in [0.15, 0.2) is 77.3 Å². The topological polar surface area (TPSA) is 76.7 Å². The normalized spacial score (nSPS) is 10.5. The largest absolute Gasteiger partial charge is 0.493 e. The fourth-order valence-electron chi connectivity index (χ4n) is 3.37. The molecule has 0 saturated carbocycles. The number of hydrogen-bond acceptors (Lipinski definition) is 4. The van der Waals surface area contributed by atoms with Gasteiger partial charge >= 0.3 is 0 Å². The number of hydrazine groups is 1. The maximum Gasteiger partial charge on any atom is 0.269 e. The van der Waals surface area contributed by atoms with Crippen molar-refractivity contribution >= 4 is 27.7 Å². The van der Waals surface area contributed by atoms with Crippen LogP contribution in [0.25, 0.3) is 0 Å². The van der Waals surface area contributed by atoms with E-state index in [1.165, 1.54) is 7.11 Å². The third-order valence-electron chi connectivity index (χ3n) is 4.89. The Bertz CT molecular complexity index is 1020. The van der Waals surface area contributed by atoms with Gasteiger partial charge in [-0.3, -0.25) is 20.4 Å². The minimum Gasteiger partial charge on any atom is -0.493 e. The summed E-state index contributed by atoms with van der Waals surface area (Å²) in [5.74, 6) is 0.0495. The molecule has 3 aromatic rings. The van der Waals surface area contributed by atoms with Gasteiger partial charge in [0.1, 0.15) is 0 Å². The molecule has 0 spiro atoms. The highest BCUT2D eigenvalue weighted by atomic mass is 79.9. The van der Waals surface area contributed by atoms with Crippen LogP contribution in [0.5, 0.6) is 11.5 Å². The van der Waals surface area contributed by atoms with Crippen molar-refractivity contribution in [3.8, 4) is 11.5 Å². The molecule has 0 aromatic heterocycles. The molecule has 32 heavy (non-hydrogen) atoms. The summed E-state index contributed by atoms with van der Waals surface area (Å²) in [7, 11) is 1.50. The van der Waals surface area contributed by atoms with E-state index in [0.29, 0.717) is 28.1 Å². The minimum absolute atomic E-state index is 0.131. The van der Waals surface area contributed by atoms with Crippen LogP contribution >= 0.6 is 15.9 Å². The Morgan fingerprint density at radius 1 is 0.938 bits per heavy atom. The minimum atomic E-state index is -0.462. The van der Waals surface area contributed by atoms with Gasteiger partial charge < -0.3 is 9.47 Å². The molecule has 0 radical (unpaired) electrons. The lowest BCUT2D eigenvalue weighted by molar-refractivity contribution is -0.122. The van der Waals surface area contributed by atoms with Crippen molar-refractivity contribution in [1.82, 2.24) is 10.9 Å². The summed E-state index contributed by atoms with van der Waals surface area (Å²) in [6.07, 6.45) is 0.185. The zero-order valence-electron chi connectivity index (χ0n) is 17.9. The lowest BCUT2D eigenvalue weighted by Gasteiger charge is -2.18. The number of methoxy groups -OCH3 is 1. The van der Waals surface area contributed by atoms with E-state index in [2.05, 4.69) is 26.8 Å². The van der Waals surface area contributed by atoms with E-state index in [1.807, 2.05) is 67.6 Å². The lowest BCUT2D eigenvalue weighted by Crippen LogP contribution is -2.42. The van der Waals surface area contributed by atoms with Crippen LogP contribution in [-0.2, 0) is 4.79 Å². The van der Waals surface area contributed by atoms with Gasteiger partial charge in [0, 0.05) is 17.9 Å². The number of rotatable bonds is 8. The third kappa shape index (κ3) is 5.88. The maximum atomic E-state index is 12.7. The first-order valence-corrected chi connectivity index (χ1v) is 11.0.